The Kier molecular flexibility index (Phi) is 3.60. The molecule has 1 N–H and O–H groups in total. The zero-order chi connectivity index (χ0) is 11.6. The number of benzene rings is 1. The van der Waals surface area contributed by atoms with Crippen LogP contribution < -0.4 is 0 Å². The number of rotatable bonds is 3. The van der Waals surface area contributed by atoms with Gasteiger partial charge in [-0.2, -0.15) is 0 Å². The molecule has 0 amide bonds. The van der Waals surface area contributed by atoms with Crippen LogP contribution in [0.25, 0.3) is 0 Å². The third kappa shape index (κ3) is 2.87. The number of nitrogens with zero attached hydrogens (tertiary/aromatic N) is 1. The second kappa shape index (κ2) is 4.55. The summed E-state index contributed by atoms with van der Waals surface area (Å²) in [4.78, 5) is 9.82. The summed E-state index contributed by atoms with van der Waals surface area (Å²) in [5, 5.41) is 19.3. The van der Waals surface area contributed by atoms with E-state index in [-0.39, 0.29) is 22.7 Å². The molecule has 0 spiro atoms. The second-order valence-electron chi connectivity index (χ2n) is 3.21. The summed E-state index contributed by atoms with van der Waals surface area (Å²) in [5.41, 5.74) is -0.269. The van der Waals surface area contributed by atoms with Crippen LogP contribution in [0.4, 0.5) is 10.1 Å². The predicted molar refractivity (Wildman–Crippen MR) is 53.4 cm³/mol. The maximum Gasteiger partial charge on any atom is 0.288 e. The molecule has 1 aromatic rings. The van der Waals surface area contributed by atoms with Crippen molar-refractivity contribution in [1.29, 1.82) is 0 Å². The second-order valence-corrected chi connectivity index (χ2v) is 3.61. The summed E-state index contributed by atoms with van der Waals surface area (Å²) in [6.07, 6.45) is -0.746. The standard InChI is InChI=1S/C9H9ClFNO3/c1-5(13)2-6-3-9(12(14)15)7(10)4-8(6)11/h3-5,13H,2H2,1H3. The molecular weight excluding hydrogens is 225 g/mol. The number of nitro benzene ring substituents is 1. The van der Waals surface area contributed by atoms with E-state index >= 15 is 0 Å². The Morgan fingerprint density at radius 3 is 2.73 bits per heavy atom. The molecule has 0 aliphatic heterocycles. The van der Waals surface area contributed by atoms with Crippen molar-refractivity contribution in [3.05, 3.63) is 38.7 Å². The lowest BCUT2D eigenvalue weighted by Gasteiger charge is -2.06. The topological polar surface area (TPSA) is 63.4 Å². The molecule has 1 atom stereocenters. The van der Waals surface area contributed by atoms with E-state index in [0.717, 1.165) is 12.1 Å². The van der Waals surface area contributed by atoms with Crippen LogP contribution in [0, 0.1) is 15.9 Å². The van der Waals surface area contributed by atoms with E-state index in [1.54, 1.807) is 0 Å². The SMILES string of the molecule is CC(O)Cc1cc([N+](=O)[O-])c(Cl)cc1F. The molecule has 0 aromatic heterocycles. The highest BCUT2D eigenvalue weighted by Crippen LogP contribution is 2.27. The normalized spacial score (nSPS) is 12.5. The fourth-order valence-electron chi connectivity index (χ4n) is 1.20. The van der Waals surface area contributed by atoms with Gasteiger partial charge in [-0.05, 0) is 18.6 Å². The van der Waals surface area contributed by atoms with Gasteiger partial charge in [-0.15, -0.1) is 0 Å². The van der Waals surface area contributed by atoms with Gasteiger partial charge in [0.1, 0.15) is 10.8 Å². The summed E-state index contributed by atoms with van der Waals surface area (Å²) in [6, 6.07) is 1.93. The summed E-state index contributed by atoms with van der Waals surface area (Å²) in [7, 11) is 0. The molecule has 15 heavy (non-hydrogen) atoms. The van der Waals surface area contributed by atoms with Gasteiger partial charge in [-0.25, -0.2) is 4.39 Å². The first-order valence-corrected chi connectivity index (χ1v) is 4.60. The molecule has 4 nitrogen and oxygen atoms in total. The smallest absolute Gasteiger partial charge is 0.288 e. The fraction of sp³-hybridized carbons (Fsp3) is 0.333. The first kappa shape index (κ1) is 11.9. The quantitative estimate of drug-likeness (QED) is 0.644. The number of nitro groups is 1. The Morgan fingerprint density at radius 1 is 1.67 bits per heavy atom. The number of hydrogen-bond donors (Lipinski definition) is 1. The molecule has 0 aliphatic rings. The molecule has 0 saturated carbocycles. The minimum Gasteiger partial charge on any atom is -0.393 e. The van der Waals surface area contributed by atoms with E-state index in [0.29, 0.717) is 0 Å². The van der Waals surface area contributed by atoms with Crippen molar-refractivity contribution in [2.75, 3.05) is 0 Å². The van der Waals surface area contributed by atoms with Crippen molar-refractivity contribution < 1.29 is 14.4 Å². The number of aliphatic hydroxyl groups excluding tert-OH is 1. The van der Waals surface area contributed by atoms with E-state index in [1.165, 1.54) is 6.92 Å². The van der Waals surface area contributed by atoms with Gasteiger partial charge in [0.2, 0.25) is 0 Å². The van der Waals surface area contributed by atoms with Crippen molar-refractivity contribution in [3.63, 3.8) is 0 Å². The van der Waals surface area contributed by atoms with Crippen LogP contribution in [0.15, 0.2) is 12.1 Å². The van der Waals surface area contributed by atoms with E-state index < -0.39 is 16.8 Å². The van der Waals surface area contributed by atoms with E-state index in [1.807, 2.05) is 0 Å². The molecular formula is C9H9ClFNO3. The lowest BCUT2D eigenvalue weighted by Crippen LogP contribution is -2.06. The van der Waals surface area contributed by atoms with Crippen LogP contribution in [-0.4, -0.2) is 16.1 Å². The summed E-state index contributed by atoms with van der Waals surface area (Å²) < 4.78 is 13.2. The maximum atomic E-state index is 13.2. The van der Waals surface area contributed by atoms with Gasteiger partial charge in [0.25, 0.3) is 5.69 Å². The maximum absolute atomic E-state index is 13.2. The fourth-order valence-corrected chi connectivity index (χ4v) is 1.41. The Hall–Kier alpha value is -1.20. The Morgan fingerprint density at radius 2 is 2.27 bits per heavy atom. The van der Waals surface area contributed by atoms with Crippen molar-refractivity contribution in [2.45, 2.75) is 19.4 Å². The van der Waals surface area contributed by atoms with Crippen LogP contribution in [0.2, 0.25) is 5.02 Å². The molecule has 1 unspecified atom stereocenters. The van der Waals surface area contributed by atoms with Crippen LogP contribution in [0.1, 0.15) is 12.5 Å². The molecule has 0 saturated heterocycles. The zero-order valence-corrected chi connectivity index (χ0v) is 8.66. The molecule has 0 aliphatic carbocycles. The van der Waals surface area contributed by atoms with Gasteiger partial charge in [0.05, 0.1) is 11.0 Å². The molecule has 0 radical (unpaired) electrons. The van der Waals surface area contributed by atoms with Crippen molar-refractivity contribution in [1.82, 2.24) is 0 Å². The van der Waals surface area contributed by atoms with Gasteiger partial charge in [-0.1, -0.05) is 11.6 Å². The van der Waals surface area contributed by atoms with Crippen LogP contribution in [-0.2, 0) is 6.42 Å². The van der Waals surface area contributed by atoms with Gasteiger partial charge < -0.3 is 5.11 Å². The lowest BCUT2D eigenvalue weighted by atomic mass is 10.1. The third-order valence-corrected chi connectivity index (χ3v) is 2.13. The first-order chi connectivity index (χ1) is 6.91. The van der Waals surface area contributed by atoms with Crippen LogP contribution >= 0.6 is 11.6 Å². The predicted octanol–water partition coefficient (Wildman–Crippen LogP) is 2.31. The van der Waals surface area contributed by atoms with Gasteiger partial charge in [0, 0.05) is 12.5 Å². The Bertz CT molecular complexity index is 395. The van der Waals surface area contributed by atoms with E-state index in [4.69, 9.17) is 16.7 Å². The number of hydrogen-bond acceptors (Lipinski definition) is 3. The largest absolute Gasteiger partial charge is 0.393 e. The minimum atomic E-state index is -0.764. The number of halogens is 2. The highest BCUT2D eigenvalue weighted by atomic mass is 35.5. The molecule has 0 bridgehead atoms. The Labute approximate surface area is 90.4 Å². The van der Waals surface area contributed by atoms with E-state index in [9.17, 15) is 14.5 Å². The molecule has 1 aromatic carbocycles. The third-order valence-electron chi connectivity index (χ3n) is 1.83. The van der Waals surface area contributed by atoms with Gasteiger partial charge in [0.15, 0.2) is 0 Å². The van der Waals surface area contributed by atoms with Crippen LogP contribution in [0.3, 0.4) is 0 Å². The Balaban J connectivity index is 3.17. The van der Waals surface area contributed by atoms with Crippen molar-refractivity contribution in [3.8, 4) is 0 Å². The highest BCUT2D eigenvalue weighted by molar-refractivity contribution is 6.32. The molecule has 1 rings (SSSR count). The summed E-state index contributed by atoms with van der Waals surface area (Å²) >= 11 is 5.49. The first-order valence-electron chi connectivity index (χ1n) is 4.22. The minimum absolute atomic E-state index is 0.0177. The molecule has 0 fully saturated rings. The average molecular weight is 234 g/mol. The molecule has 6 heteroatoms. The van der Waals surface area contributed by atoms with Crippen LogP contribution in [0.5, 0.6) is 0 Å². The summed E-state index contributed by atoms with van der Waals surface area (Å²) in [6.45, 7) is 1.47. The monoisotopic (exact) mass is 233 g/mol. The lowest BCUT2D eigenvalue weighted by molar-refractivity contribution is -0.384. The number of aliphatic hydroxyl groups is 1. The van der Waals surface area contributed by atoms with Crippen molar-refractivity contribution in [2.24, 2.45) is 0 Å². The zero-order valence-electron chi connectivity index (χ0n) is 7.91. The van der Waals surface area contributed by atoms with Gasteiger partial charge >= 0.3 is 0 Å². The summed E-state index contributed by atoms with van der Waals surface area (Å²) in [5.74, 6) is -0.647. The average Bonchev–Trinajstić information content (AvgIpc) is 2.08. The van der Waals surface area contributed by atoms with E-state index in [2.05, 4.69) is 0 Å². The molecule has 82 valence electrons. The molecule has 0 heterocycles. The highest BCUT2D eigenvalue weighted by Gasteiger charge is 2.17. The van der Waals surface area contributed by atoms with Gasteiger partial charge in [-0.3, -0.25) is 10.1 Å². The van der Waals surface area contributed by atoms with Crippen molar-refractivity contribution >= 4 is 17.3 Å².